The van der Waals surface area contributed by atoms with Crippen LogP contribution in [0.3, 0.4) is 0 Å². The number of hydrogen-bond donors (Lipinski definition) is 1. The van der Waals surface area contributed by atoms with Crippen LogP contribution in [0.25, 0.3) is 0 Å². The van der Waals surface area contributed by atoms with Gasteiger partial charge in [-0.2, -0.15) is 0 Å². The maximum atomic E-state index is 12.1. The lowest BCUT2D eigenvalue weighted by Gasteiger charge is -2.11. The van der Waals surface area contributed by atoms with Crippen LogP contribution in [-0.2, 0) is 10.0 Å². The van der Waals surface area contributed by atoms with Crippen molar-refractivity contribution in [1.82, 2.24) is 4.72 Å². The van der Waals surface area contributed by atoms with Crippen molar-refractivity contribution in [3.8, 4) is 0 Å². The van der Waals surface area contributed by atoms with Gasteiger partial charge in [0.05, 0.1) is 10.0 Å². The fourth-order valence-corrected chi connectivity index (χ4v) is 4.58. The van der Waals surface area contributed by atoms with Gasteiger partial charge in [-0.05, 0) is 30.9 Å². The summed E-state index contributed by atoms with van der Waals surface area (Å²) in [4.78, 5) is -0.0661. The molecule has 0 radical (unpaired) electrons. The van der Waals surface area contributed by atoms with Crippen molar-refractivity contribution in [2.24, 2.45) is 5.92 Å². The third-order valence-corrected chi connectivity index (χ3v) is 5.32. The first-order valence-electron chi connectivity index (χ1n) is 5.88. The Hall–Kier alpha value is 0.190. The minimum absolute atomic E-state index is 0.0661. The molecule has 0 spiro atoms. The Morgan fingerprint density at radius 3 is 2.26 bits per heavy atom. The highest BCUT2D eigenvalue weighted by atomic mass is 79.9. The maximum Gasteiger partial charge on any atom is 0.243 e. The van der Waals surface area contributed by atoms with Crippen LogP contribution in [0.1, 0.15) is 26.7 Å². The molecular formula is C12H16BrCl2NO2S. The van der Waals surface area contributed by atoms with E-state index >= 15 is 0 Å². The lowest BCUT2D eigenvalue weighted by atomic mass is 10.1. The average molecular weight is 389 g/mol. The van der Waals surface area contributed by atoms with E-state index in [-0.39, 0.29) is 14.9 Å². The number of benzene rings is 1. The fourth-order valence-electron chi connectivity index (χ4n) is 1.57. The van der Waals surface area contributed by atoms with Gasteiger partial charge in [-0.1, -0.05) is 53.0 Å². The second-order valence-corrected chi connectivity index (χ2v) is 8.07. The standard InChI is InChI=1S/C12H16BrCl2NO2S/c1-8(2)4-3-5-16-19(17,18)12-10(14)6-9(13)7-11(12)15/h6-8,16H,3-5H2,1-2H3. The van der Waals surface area contributed by atoms with E-state index < -0.39 is 10.0 Å². The van der Waals surface area contributed by atoms with Crippen molar-refractivity contribution in [3.63, 3.8) is 0 Å². The first-order chi connectivity index (χ1) is 8.74. The Labute approximate surface area is 132 Å². The zero-order chi connectivity index (χ0) is 14.6. The van der Waals surface area contributed by atoms with Crippen molar-refractivity contribution >= 4 is 49.2 Å². The van der Waals surface area contributed by atoms with E-state index in [1.807, 2.05) is 0 Å². The molecule has 0 atom stereocenters. The molecule has 0 saturated carbocycles. The van der Waals surface area contributed by atoms with Crippen LogP contribution >= 0.6 is 39.1 Å². The summed E-state index contributed by atoms with van der Waals surface area (Å²) in [5.74, 6) is 0.546. The van der Waals surface area contributed by atoms with E-state index in [0.29, 0.717) is 16.9 Å². The van der Waals surface area contributed by atoms with Gasteiger partial charge in [-0.3, -0.25) is 0 Å². The quantitative estimate of drug-likeness (QED) is 0.730. The molecule has 0 bridgehead atoms. The zero-order valence-electron chi connectivity index (χ0n) is 10.7. The monoisotopic (exact) mass is 387 g/mol. The highest BCUT2D eigenvalue weighted by Crippen LogP contribution is 2.32. The summed E-state index contributed by atoms with van der Waals surface area (Å²) in [5, 5.41) is 0.214. The second-order valence-electron chi connectivity index (χ2n) is 4.63. The molecule has 1 N–H and O–H groups in total. The first-order valence-corrected chi connectivity index (χ1v) is 8.91. The van der Waals surface area contributed by atoms with Crippen LogP contribution in [0.5, 0.6) is 0 Å². The van der Waals surface area contributed by atoms with E-state index in [1.165, 1.54) is 12.1 Å². The largest absolute Gasteiger partial charge is 0.243 e. The van der Waals surface area contributed by atoms with Crippen LogP contribution < -0.4 is 4.72 Å². The first kappa shape index (κ1) is 17.2. The molecule has 0 aromatic heterocycles. The molecule has 108 valence electrons. The van der Waals surface area contributed by atoms with E-state index in [4.69, 9.17) is 23.2 Å². The minimum atomic E-state index is -3.67. The van der Waals surface area contributed by atoms with Crippen molar-refractivity contribution in [2.45, 2.75) is 31.6 Å². The van der Waals surface area contributed by atoms with E-state index in [0.717, 1.165) is 12.8 Å². The number of rotatable bonds is 6. The molecule has 0 unspecified atom stereocenters. The Morgan fingerprint density at radius 1 is 1.26 bits per heavy atom. The van der Waals surface area contributed by atoms with Crippen LogP contribution in [0.15, 0.2) is 21.5 Å². The van der Waals surface area contributed by atoms with Gasteiger partial charge in [0.2, 0.25) is 10.0 Å². The molecule has 1 aromatic carbocycles. The number of sulfonamides is 1. The van der Waals surface area contributed by atoms with Crippen molar-refractivity contribution in [3.05, 3.63) is 26.7 Å². The molecule has 1 rings (SSSR count). The molecule has 0 aliphatic carbocycles. The van der Waals surface area contributed by atoms with Gasteiger partial charge >= 0.3 is 0 Å². The third kappa shape index (κ3) is 5.23. The molecule has 0 amide bonds. The lowest BCUT2D eigenvalue weighted by molar-refractivity contribution is 0.540. The summed E-state index contributed by atoms with van der Waals surface area (Å²) in [5.41, 5.74) is 0. The molecule has 7 heteroatoms. The molecule has 0 aliphatic rings. The number of halogens is 3. The van der Waals surface area contributed by atoms with Crippen molar-refractivity contribution in [1.29, 1.82) is 0 Å². The van der Waals surface area contributed by atoms with Gasteiger partial charge in [0.1, 0.15) is 4.90 Å². The van der Waals surface area contributed by atoms with Crippen LogP contribution in [0.2, 0.25) is 10.0 Å². The summed E-state index contributed by atoms with van der Waals surface area (Å²) < 4.78 is 27.4. The van der Waals surface area contributed by atoms with Crippen molar-refractivity contribution in [2.75, 3.05) is 6.54 Å². The van der Waals surface area contributed by atoms with Gasteiger partial charge in [-0.25, -0.2) is 13.1 Å². The molecule has 19 heavy (non-hydrogen) atoms. The molecular weight excluding hydrogens is 373 g/mol. The van der Waals surface area contributed by atoms with Gasteiger partial charge in [0.15, 0.2) is 0 Å². The van der Waals surface area contributed by atoms with Crippen LogP contribution in [0.4, 0.5) is 0 Å². The van der Waals surface area contributed by atoms with Crippen LogP contribution in [0, 0.1) is 5.92 Å². The average Bonchev–Trinajstić information content (AvgIpc) is 2.22. The Balaban J connectivity index is 2.84. The topological polar surface area (TPSA) is 46.2 Å². The predicted molar refractivity (Wildman–Crippen MR) is 83.4 cm³/mol. The van der Waals surface area contributed by atoms with E-state index in [9.17, 15) is 8.42 Å². The fraction of sp³-hybridized carbons (Fsp3) is 0.500. The van der Waals surface area contributed by atoms with Gasteiger partial charge in [-0.15, -0.1) is 0 Å². The lowest BCUT2D eigenvalue weighted by Crippen LogP contribution is -2.25. The predicted octanol–water partition coefficient (Wildman–Crippen LogP) is 4.47. The van der Waals surface area contributed by atoms with E-state index in [1.54, 1.807) is 0 Å². The van der Waals surface area contributed by atoms with Gasteiger partial charge in [0, 0.05) is 11.0 Å². The Bertz CT molecular complexity index is 524. The van der Waals surface area contributed by atoms with Crippen molar-refractivity contribution < 1.29 is 8.42 Å². The summed E-state index contributed by atoms with van der Waals surface area (Å²) in [7, 11) is -3.67. The highest BCUT2D eigenvalue weighted by Gasteiger charge is 2.21. The second kappa shape index (κ2) is 7.27. The van der Waals surface area contributed by atoms with Gasteiger partial charge < -0.3 is 0 Å². The molecule has 0 aliphatic heterocycles. The summed E-state index contributed by atoms with van der Waals surface area (Å²) in [6.45, 7) is 4.57. The summed E-state index contributed by atoms with van der Waals surface area (Å²) in [6, 6.07) is 3.02. The zero-order valence-corrected chi connectivity index (χ0v) is 14.6. The normalized spacial score (nSPS) is 12.1. The Morgan fingerprint density at radius 2 is 1.79 bits per heavy atom. The smallest absolute Gasteiger partial charge is 0.211 e. The SMILES string of the molecule is CC(C)CCCNS(=O)(=O)c1c(Cl)cc(Br)cc1Cl. The molecule has 1 aromatic rings. The molecule has 0 heterocycles. The Kier molecular flexibility index (Phi) is 6.60. The van der Waals surface area contributed by atoms with E-state index in [2.05, 4.69) is 34.5 Å². The number of hydrogen-bond acceptors (Lipinski definition) is 2. The maximum absolute atomic E-state index is 12.1. The van der Waals surface area contributed by atoms with Crippen LogP contribution in [-0.4, -0.2) is 15.0 Å². The molecule has 3 nitrogen and oxygen atoms in total. The summed E-state index contributed by atoms with van der Waals surface area (Å²) in [6.07, 6.45) is 1.74. The third-order valence-electron chi connectivity index (χ3n) is 2.48. The minimum Gasteiger partial charge on any atom is -0.211 e. The molecule has 0 fully saturated rings. The number of nitrogens with one attached hydrogen (secondary N) is 1. The highest BCUT2D eigenvalue weighted by molar-refractivity contribution is 9.10. The van der Waals surface area contributed by atoms with Gasteiger partial charge in [0.25, 0.3) is 0 Å². The summed E-state index contributed by atoms with van der Waals surface area (Å²) >= 11 is 15.1. The molecule has 0 saturated heterocycles.